The van der Waals surface area contributed by atoms with Crippen molar-refractivity contribution >= 4 is 43.8 Å². The van der Waals surface area contributed by atoms with Gasteiger partial charge in [-0.25, -0.2) is 0 Å². The number of hydrogen-bond acceptors (Lipinski definition) is 4. The van der Waals surface area contributed by atoms with Gasteiger partial charge in [0.25, 0.3) is 0 Å². The van der Waals surface area contributed by atoms with Crippen LogP contribution in [0.2, 0.25) is 0 Å². The largest absolute Gasteiger partial charge is 0.469 e. The third-order valence-electron chi connectivity index (χ3n) is 10.7. The number of rotatable bonds is 5. The first-order valence-electron chi connectivity index (χ1n) is 13.1. The number of ether oxygens (including phenoxy) is 2. The molecule has 188 valence electrons. The highest BCUT2D eigenvalue weighted by Gasteiger charge is 2.66. The number of fused-ring (bicyclic) bond motifs is 5. The van der Waals surface area contributed by atoms with Crippen LogP contribution < -0.4 is 0 Å². The quantitative estimate of drug-likeness (QED) is 0.258. The Balaban J connectivity index is 1.55. The number of alkyl halides is 2. The van der Waals surface area contributed by atoms with Crippen LogP contribution in [0.1, 0.15) is 85.5 Å². The van der Waals surface area contributed by atoms with Crippen LogP contribution in [0.25, 0.3) is 0 Å². The van der Waals surface area contributed by atoms with E-state index < -0.39 is 0 Å². The van der Waals surface area contributed by atoms with Crippen molar-refractivity contribution in [3.63, 3.8) is 0 Å². The molecule has 4 rings (SSSR count). The highest BCUT2D eigenvalue weighted by Crippen LogP contribution is 2.70. The predicted molar refractivity (Wildman–Crippen MR) is 137 cm³/mol. The Kier molecular flexibility index (Phi) is 7.67. The molecule has 0 unspecified atom stereocenters. The second-order valence-electron chi connectivity index (χ2n) is 12.1. The van der Waals surface area contributed by atoms with Crippen LogP contribution in [0.4, 0.5) is 0 Å². The maximum atomic E-state index is 11.8. The number of carbonyl (C=O) groups is 2. The van der Waals surface area contributed by atoms with E-state index >= 15 is 0 Å². The van der Waals surface area contributed by atoms with E-state index in [0.717, 1.165) is 37.5 Å². The van der Waals surface area contributed by atoms with Crippen molar-refractivity contribution < 1.29 is 19.1 Å². The third-order valence-corrected chi connectivity index (χ3v) is 14.1. The standard InChI is InChI=1S/C27H42Br2O4/c1-15(6-11-22(31)32-5)20-9-10-21-19-8-7-17-14-18(33-16(2)30)12-13-26(17,3)23(19)24(28)25(29)27(20,21)4/h15,17-21,23-25H,6-14H2,1-5H3/t15-,17+,18+,19-,20-,21+,23-,24-,25-,26-,27-/m0/s1. The van der Waals surface area contributed by atoms with Gasteiger partial charge in [0.1, 0.15) is 6.10 Å². The summed E-state index contributed by atoms with van der Waals surface area (Å²) in [5.41, 5.74) is 0.540. The molecule has 11 atom stereocenters. The molecule has 0 aliphatic heterocycles. The minimum absolute atomic E-state index is 0.0883. The Hall–Kier alpha value is -0.100. The van der Waals surface area contributed by atoms with E-state index in [4.69, 9.17) is 9.47 Å². The zero-order valence-corrected chi connectivity index (χ0v) is 24.1. The molecule has 0 radical (unpaired) electrons. The summed E-state index contributed by atoms with van der Waals surface area (Å²) in [5, 5.41) is 0. The van der Waals surface area contributed by atoms with Gasteiger partial charge in [-0.05, 0) is 97.7 Å². The second-order valence-corrected chi connectivity index (χ2v) is 14.1. The Morgan fingerprint density at radius 1 is 1.09 bits per heavy atom. The first kappa shape index (κ1) is 26.0. The van der Waals surface area contributed by atoms with E-state index in [-0.39, 0.29) is 23.5 Å². The summed E-state index contributed by atoms with van der Waals surface area (Å²) >= 11 is 8.52. The zero-order chi connectivity index (χ0) is 24.1. The lowest BCUT2D eigenvalue weighted by Gasteiger charge is -2.64. The van der Waals surface area contributed by atoms with Crippen molar-refractivity contribution in [3.8, 4) is 0 Å². The summed E-state index contributed by atoms with van der Waals surface area (Å²) in [6.07, 6.45) is 9.85. The fraction of sp³-hybridized carbons (Fsp3) is 0.926. The minimum atomic E-state index is -0.136. The van der Waals surface area contributed by atoms with E-state index in [1.54, 1.807) is 6.92 Å². The van der Waals surface area contributed by atoms with Gasteiger partial charge in [-0.15, -0.1) is 0 Å². The number of hydrogen-bond donors (Lipinski definition) is 0. The van der Waals surface area contributed by atoms with Crippen molar-refractivity contribution in [1.29, 1.82) is 0 Å². The predicted octanol–water partition coefficient (Wildman–Crippen LogP) is 6.91. The van der Waals surface area contributed by atoms with Gasteiger partial charge in [0.15, 0.2) is 0 Å². The number of esters is 2. The highest BCUT2D eigenvalue weighted by atomic mass is 79.9. The Labute approximate surface area is 216 Å². The molecule has 4 aliphatic rings. The van der Waals surface area contributed by atoms with Gasteiger partial charge in [0, 0.05) is 23.0 Å². The van der Waals surface area contributed by atoms with Gasteiger partial charge in [0.2, 0.25) is 0 Å². The second kappa shape index (κ2) is 9.75. The van der Waals surface area contributed by atoms with Crippen LogP contribution in [0.15, 0.2) is 0 Å². The zero-order valence-electron chi connectivity index (χ0n) is 20.9. The van der Waals surface area contributed by atoms with Crippen LogP contribution >= 0.6 is 31.9 Å². The summed E-state index contributed by atoms with van der Waals surface area (Å²) < 4.78 is 10.6. The van der Waals surface area contributed by atoms with Crippen molar-refractivity contribution in [2.24, 2.45) is 46.3 Å². The van der Waals surface area contributed by atoms with E-state index in [9.17, 15) is 9.59 Å². The number of methoxy groups -OCH3 is 1. The van der Waals surface area contributed by atoms with E-state index in [2.05, 4.69) is 52.6 Å². The Morgan fingerprint density at radius 2 is 1.82 bits per heavy atom. The molecule has 4 aliphatic carbocycles. The molecular formula is C27H42Br2O4. The highest BCUT2D eigenvalue weighted by molar-refractivity contribution is 9.12. The molecule has 0 spiro atoms. The summed E-state index contributed by atoms with van der Waals surface area (Å²) in [6.45, 7) is 8.98. The monoisotopic (exact) mass is 588 g/mol. The Bertz CT molecular complexity index is 758. The lowest BCUT2D eigenvalue weighted by molar-refractivity contribution is -0.158. The molecule has 4 nitrogen and oxygen atoms in total. The summed E-state index contributed by atoms with van der Waals surface area (Å²) in [4.78, 5) is 24.2. The molecule has 6 heteroatoms. The SMILES string of the molecule is COC(=O)CC[C@H](C)[C@@H]1CC[C@@H]2[C@@H]3CC[C@@H]4C[C@H](OC(C)=O)CC[C@]4(C)[C@@H]3[C@H](Br)[C@H](Br)[C@]21C. The van der Waals surface area contributed by atoms with Gasteiger partial charge >= 0.3 is 11.9 Å². The van der Waals surface area contributed by atoms with Gasteiger partial charge in [-0.3, -0.25) is 9.59 Å². The van der Waals surface area contributed by atoms with Crippen molar-refractivity contribution in [1.82, 2.24) is 0 Å². The van der Waals surface area contributed by atoms with E-state index in [1.165, 1.54) is 32.8 Å². The lowest BCUT2D eigenvalue weighted by atomic mass is 9.44. The average Bonchev–Trinajstić information content (AvgIpc) is 3.13. The molecule has 4 fully saturated rings. The van der Waals surface area contributed by atoms with Crippen molar-refractivity contribution in [3.05, 3.63) is 0 Å². The summed E-state index contributed by atoms with van der Waals surface area (Å²) in [7, 11) is 1.49. The van der Waals surface area contributed by atoms with E-state index in [1.807, 2.05) is 0 Å². The summed E-state index contributed by atoms with van der Waals surface area (Å²) in [5.74, 6) is 3.69. The molecule has 0 aromatic rings. The maximum absolute atomic E-state index is 11.8. The van der Waals surface area contributed by atoms with Crippen molar-refractivity contribution in [2.45, 2.75) is 101 Å². The van der Waals surface area contributed by atoms with Gasteiger partial charge < -0.3 is 9.47 Å². The first-order valence-corrected chi connectivity index (χ1v) is 14.9. The molecule has 0 saturated heterocycles. The topological polar surface area (TPSA) is 52.6 Å². The smallest absolute Gasteiger partial charge is 0.305 e. The minimum Gasteiger partial charge on any atom is -0.469 e. The van der Waals surface area contributed by atoms with Crippen LogP contribution in [-0.4, -0.2) is 34.8 Å². The summed E-state index contributed by atoms with van der Waals surface area (Å²) in [6, 6.07) is 0. The normalized spacial score (nSPS) is 47.6. The fourth-order valence-corrected chi connectivity index (χ4v) is 11.7. The van der Waals surface area contributed by atoms with Crippen LogP contribution in [0, 0.1) is 46.3 Å². The average molecular weight is 590 g/mol. The maximum Gasteiger partial charge on any atom is 0.305 e. The molecule has 0 amide bonds. The fourth-order valence-electron chi connectivity index (χ4n) is 9.13. The van der Waals surface area contributed by atoms with Crippen LogP contribution in [-0.2, 0) is 19.1 Å². The van der Waals surface area contributed by atoms with E-state index in [0.29, 0.717) is 45.2 Å². The first-order chi connectivity index (χ1) is 15.5. The molecule has 33 heavy (non-hydrogen) atoms. The molecule has 0 bridgehead atoms. The van der Waals surface area contributed by atoms with Crippen LogP contribution in [0.5, 0.6) is 0 Å². The molecular weight excluding hydrogens is 548 g/mol. The van der Waals surface area contributed by atoms with Gasteiger partial charge in [0.05, 0.1) is 7.11 Å². The van der Waals surface area contributed by atoms with Gasteiger partial charge in [-0.1, -0.05) is 52.6 Å². The molecule has 0 aromatic carbocycles. The van der Waals surface area contributed by atoms with Crippen molar-refractivity contribution in [2.75, 3.05) is 7.11 Å². The van der Waals surface area contributed by atoms with Crippen LogP contribution in [0.3, 0.4) is 0 Å². The lowest BCUT2D eigenvalue weighted by Crippen LogP contribution is -2.62. The molecule has 0 heterocycles. The Morgan fingerprint density at radius 3 is 2.48 bits per heavy atom. The molecule has 4 saturated carbocycles. The third kappa shape index (κ3) is 4.36. The van der Waals surface area contributed by atoms with Gasteiger partial charge in [-0.2, -0.15) is 0 Å². The number of halogens is 2. The molecule has 0 aromatic heterocycles. The number of carbonyl (C=O) groups excluding carboxylic acids is 2. The molecule has 0 N–H and O–H groups in total.